The van der Waals surface area contributed by atoms with Crippen LogP contribution in [0.1, 0.15) is 39.5 Å². The molecule has 1 aromatic carbocycles. The van der Waals surface area contributed by atoms with Gasteiger partial charge in [-0.1, -0.05) is 49.9 Å². The maximum Gasteiger partial charge on any atom is 0.244 e. The number of hydrogen-bond acceptors (Lipinski definition) is 3. The van der Waals surface area contributed by atoms with E-state index in [1.807, 2.05) is 13.8 Å². The predicted octanol–water partition coefficient (Wildman–Crippen LogP) is 4.17. The van der Waals surface area contributed by atoms with E-state index in [0.29, 0.717) is 13.1 Å². The van der Waals surface area contributed by atoms with Gasteiger partial charge in [0.15, 0.2) is 0 Å². The van der Waals surface area contributed by atoms with Gasteiger partial charge in [0.1, 0.15) is 4.90 Å². The summed E-state index contributed by atoms with van der Waals surface area (Å²) in [5, 5.41) is 0.304. The predicted molar refractivity (Wildman–Crippen MR) is 89.4 cm³/mol. The lowest BCUT2D eigenvalue weighted by molar-refractivity contribution is 0.395. The largest absolute Gasteiger partial charge is 0.397 e. The van der Waals surface area contributed by atoms with Crippen LogP contribution in [0.2, 0.25) is 10.0 Å². The zero-order valence-electron chi connectivity index (χ0n) is 12.4. The fourth-order valence-electron chi connectivity index (χ4n) is 1.90. The summed E-state index contributed by atoms with van der Waals surface area (Å²) < 4.78 is 27.0. The van der Waals surface area contributed by atoms with E-state index in [2.05, 4.69) is 0 Å². The Hall–Kier alpha value is -0.490. The molecule has 0 spiro atoms. The van der Waals surface area contributed by atoms with E-state index in [1.54, 1.807) is 0 Å². The standard InChI is InChI=1S/C14H22Cl2N2O2S/c1-3-5-7-18(8-6-4-2)21(19,20)14-10-11(15)13(17)9-12(14)16/h9-10H,3-8,17H2,1-2H3. The number of nitrogens with zero attached hydrogens (tertiary/aromatic N) is 1. The highest BCUT2D eigenvalue weighted by Gasteiger charge is 2.26. The molecule has 0 saturated carbocycles. The summed E-state index contributed by atoms with van der Waals surface area (Å²) in [5.41, 5.74) is 5.92. The van der Waals surface area contributed by atoms with Gasteiger partial charge in [0.05, 0.1) is 15.7 Å². The highest BCUT2D eigenvalue weighted by molar-refractivity contribution is 7.89. The van der Waals surface area contributed by atoms with E-state index >= 15 is 0 Å². The summed E-state index contributed by atoms with van der Waals surface area (Å²) in [6, 6.07) is 2.72. The Labute approximate surface area is 137 Å². The van der Waals surface area contributed by atoms with Crippen LogP contribution in [-0.2, 0) is 10.0 Å². The van der Waals surface area contributed by atoms with Gasteiger partial charge >= 0.3 is 0 Å². The molecule has 2 N–H and O–H groups in total. The highest BCUT2D eigenvalue weighted by Crippen LogP contribution is 2.32. The van der Waals surface area contributed by atoms with Gasteiger partial charge < -0.3 is 5.73 Å². The smallest absolute Gasteiger partial charge is 0.244 e. The number of nitrogen functional groups attached to an aromatic ring is 1. The topological polar surface area (TPSA) is 63.4 Å². The lowest BCUT2D eigenvalue weighted by atomic mass is 10.3. The lowest BCUT2D eigenvalue weighted by Gasteiger charge is -2.22. The average molecular weight is 353 g/mol. The van der Waals surface area contributed by atoms with Crippen molar-refractivity contribution in [1.29, 1.82) is 0 Å². The molecule has 0 aliphatic rings. The number of sulfonamides is 1. The minimum Gasteiger partial charge on any atom is -0.397 e. The Bertz CT molecular complexity index is 569. The molecular formula is C14H22Cl2N2O2S. The number of unbranched alkanes of at least 4 members (excludes halogenated alkanes) is 2. The summed E-state index contributed by atoms with van der Waals surface area (Å²) in [6.07, 6.45) is 3.47. The molecule has 0 aliphatic heterocycles. The number of benzene rings is 1. The molecule has 4 nitrogen and oxygen atoms in total. The van der Waals surface area contributed by atoms with Gasteiger partial charge in [-0.15, -0.1) is 0 Å². The van der Waals surface area contributed by atoms with Crippen LogP contribution in [0, 0.1) is 0 Å². The summed E-state index contributed by atoms with van der Waals surface area (Å²) in [4.78, 5) is 0.0237. The van der Waals surface area contributed by atoms with Crippen LogP contribution in [0.25, 0.3) is 0 Å². The summed E-state index contributed by atoms with van der Waals surface area (Å²) >= 11 is 12.0. The SMILES string of the molecule is CCCCN(CCCC)S(=O)(=O)c1cc(Cl)c(N)cc1Cl. The zero-order chi connectivity index (χ0) is 16.0. The van der Waals surface area contributed by atoms with Crippen molar-refractivity contribution in [3.8, 4) is 0 Å². The summed E-state index contributed by atoms with van der Waals surface area (Å²) in [6.45, 7) is 5.02. The van der Waals surface area contributed by atoms with E-state index in [9.17, 15) is 8.42 Å². The zero-order valence-corrected chi connectivity index (χ0v) is 14.7. The number of halogens is 2. The first-order valence-corrected chi connectivity index (χ1v) is 9.28. The normalized spacial score (nSPS) is 12.0. The second kappa shape index (κ2) is 8.22. The van der Waals surface area contributed by atoms with Crippen LogP contribution >= 0.6 is 23.2 Å². The first kappa shape index (κ1) is 18.6. The number of nitrogens with two attached hydrogens (primary N) is 1. The van der Waals surface area contributed by atoms with Crippen LogP contribution in [-0.4, -0.2) is 25.8 Å². The molecule has 21 heavy (non-hydrogen) atoms. The van der Waals surface area contributed by atoms with E-state index in [0.717, 1.165) is 25.7 Å². The number of anilines is 1. The molecule has 0 radical (unpaired) electrons. The van der Waals surface area contributed by atoms with Gasteiger partial charge in [-0.3, -0.25) is 0 Å². The van der Waals surface area contributed by atoms with Gasteiger partial charge in [0, 0.05) is 13.1 Å². The van der Waals surface area contributed by atoms with E-state index in [1.165, 1.54) is 16.4 Å². The van der Waals surface area contributed by atoms with Crippen LogP contribution in [0.4, 0.5) is 5.69 Å². The lowest BCUT2D eigenvalue weighted by Crippen LogP contribution is -2.33. The van der Waals surface area contributed by atoms with Crippen molar-refractivity contribution in [2.45, 2.75) is 44.4 Å². The molecule has 0 heterocycles. The summed E-state index contributed by atoms with van der Waals surface area (Å²) in [5.74, 6) is 0. The molecule has 0 fully saturated rings. The molecule has 0 atom stereocenters. The Balaban J connectivity index is 3.18. The van der Waals surface area contributed by atoms with Gasteiger partial charge in [-0.05, 0) is 25.0 Å². The van der Waals surface area contributed by atoms with Crippen molar-refractivity contribution >= 4 is 38.9 Å². The molecular weight excluding hydrogens is 331 g/mol. The fraction of sp³-hybridized carbons (Fsp3) is 0.571. The fourth-order valence-corrected chi connectivity index (χ4v) is 4.18. The Kier molecular flexibility index (Phi) is 7.27. The molecule has 0 bridgehead atoms. The molecule has 1 aromatic rings. The average Bonchev–Trinajstić information content (AvgIpc) is 2.42. The van der Waals surface area contributed by atoms with Gasteiger partial charge in [0.2, 0.25) is 10.0 Å². The third-order valence-electron chi connectivity index (χ3n) is 3.19. The van der Waals surface area contributed by atoms with Crippen molar-refractivity contribution in [1.82, 2.24) is 4.31 Å². The molecule has 0 amide bonds. The number of rotatable bonds is 8. The maximum absolute atomic E-state index is 12.8. The highest BCUT2D eigenvalue weighted by atomic mass is 35.5. The Morgan fingerprint density at radius 1 is 1.05 bits per heavy atom. The van der Waals surface area contributed by atoms with Gasteiger partial charge in [-0.25, -0.2) is 8.42 Å². The summed E-state index contributed by atoms with van der Waals surface area (Å²) in [7, 11) is -3.65. The van der Waals surface area contributed by atoms with Crippen molar-refractivity contribution in [3.05, 3.63) is 22.2 Å². The van der Waals surface area contributed by atoms with Crippen molar-refractivity contribution in [2.75, 3.05) is 18.8 Å². The minimum absolute atomic E-state index is 0.0237. The molecule has 7 heteroatoms. The van der Waals surface area contributed by atoms with Crippen molar-refractivity contribution in [3.63, 3.8) is 0 Å². The Morgan fingerprint density at radius 3 is 2.05 bits per heavy atom. The number of hydrogen-bond donors (Lipinski definition) is 1. The van der Waals surface area contributed by atoms with Crippen LogP contribution in [0.3, 0.4) is 0 Å². The second-order valence-corrected chi connectivity index (χ2v) is 7.64. The van der Waals surface area contributed by atoms with Crippen LogP contribution in [0.5, 0.6) is 0 Å². The first-order valence-electron chi connectivity index (χ1n) is 7.09. The van der Waals surface area contributed by atoms with Crippen molar-refractivity contribution in [2.24, 2.45) is 0 Å². The van der Waals surface area contributed by atoms with Crippen molar-refractivity contribution < 1.29 is 8.42 Å². The molecule has 0 aromatic heterocycles. The van der Waals surface area contributed by atoms with E-state index < -0.39 is 10.0 Å². The monoisotopic (exact) mass is 352 g/mol. The minimum atomic E-state index is -3.65. The van der Waals surface area contributed by atoms with Gasteiger partial charge in [-0.2, -0.15) is 4.31 Å². The quantitative estimate of drug-likeness (QED) is 0.714. The second-order valence-electron chi connectivity index (χ2n) is 4.92. The third kappa shape index (κ3) is 4.74. The van der Waals surface area contributed by atoms with Gasteiger partial charge in [0.25, 0.3) is 0 Å². The molecule has 0 aliphatic carbocycles. The Morgan fingerprint density at radius 2 is 1.57 bits per heavy atom. The molecule has 120 valence electrons. The molecule has 0 saturated heterocycles. The third-order valence-corrected chi connectivity index (χ3v) is 5.88. The van der Waals surface area contributed by atoms with Crippen LogP contribution < -0.4 is 5.73 Å². The van der Waals surface area contributed by atoms with Crippen LogP contribution in [0.15, 0.2) is 17.0 Å². The maximum atomic E-state index is 12.8. The van der Waals surface area contributed by atoms with E-state index in [-0.39, 0.29) is 20.6 Å². The molecule has 0 unspecified atom stereocenters. The first-order chi connectivity index (χ1) is 9.84. The molecule has 1 rings (SSSR count). The van der Waals surface area contributed by atoms with E-state index in [4.69, 9.17) is 28.9 Å².